The zero-order valence-electron chi connectivity index (χ0n) is 12.6. The van der Waals surface area contributed by atoms with E-state index in [9.17, 15) is 8.42 Å². The second-order valence-electron chi connectivity index (χ2n) is 5.20. The first-order valence-corrected chi connectivity index (χ1v) is 8.27. The van der Waals surface area contributed by atoms with Crippen molar-refractivity contribution in [1.29, 1.82) is 0 Å². The van der Waals surface area contributed by atoms with Crippen LogP contribution in [-0.4, -0.2) is 54.5 Å². The Bertz CT molecular complexity index is 695. The fourth-order valence-corrected chi connectivity index (χ4v) is 3.98. The first-order chi connectivity index (χ1) is 10.1. The number of rotatable bonds is 3. The number of likely N-dealkylation sites (N-methyl/N-ethyl adjacent to an activating group) is 1. The average Bonchev–Trinajstić information content (AvgIpc) is 3.03. The summed E-state index contributed by atoms with van der Waals surface area (Å²) in [5.74, 6) is 0. The molecule has 0 amide bonds. The number of H-pyrrole nitrogens is 1. The third kappa shape index (κ3) is 4.05. The monoisotopic (exact) mass is 378 g/mol. The molecular formula is C14H20Cl2N4O2S. The minimum Gasteiger partial charge on any atom is -0.297 e. The van der Waals surface area contributed by atoms with Crippen molar-refractivity contribution < 1.29 is 8.42 Å². The highest BCUT2D eigenvalue weighted by Gasteiger charge is 2.33. The Kier molecular flexibility index (Phi) is 7.03. The molecule has 1 aromatic heterocycles. The van der Waals surface area contributed by atoms with Crippen LogP contribution in [0.4, 0.5) is 0 Å². The molecule has 2 aromatic rings. The molecule has 1 aromatic carbocycles. The van der Waals surface area contributed by atoms with Crippen molar-refractivity contribution in [3.63, 3.8) is 0 Å². The largest absolute Gasteiger partial charge is 0.297 e. The average molecular weight is 379 g/mol. The van der Waals surface area contributed by atoms with Crippen LogP contribution in [0.15, 0.2) is 47.6 Å². The Hall–Kier alpha value is -1.12. The van der Waals surface area contributed by atoms with Crippen LogP contribution in [0, 0.1) is 0 Å². The Morgan fingerprint density at radius 1 is 1.17 bits per heavy atom. The van der Waals surface area contributed by atoms with E-state index in [1.165, 1.54) is 16.7 Å². The first kappa shape index (κ1) is 19.9. The van der Waals surface area contributed by atoms with Gasteiger partial charge in [-0.1, -0.05) is 30.3 Å². The summed E-state index contributed by atoms with van der Waals surface area (Å²) in [5.41, 5.74) is 1.13. The molecule has 0 radical (unpaired) electrons. The summed E-state index contributed by atoms with van der Waals surface area (Å²) in [6.45, 7) is 1.65. The molecule has 23 heavy (non-hydrogen) atoms. The molecule has 0 aliphatic carbocycles. The number of nitrogens with one attached hydrogen (secondary N) is 1. The molecular weight excluding hydrogens is 359 g/mol. The van der Waals surface area contributed by atoms with E-state index < -0.39 is 10.0 Å². The van der Waals surface area contributed by atoms with E-state index in [1.54, 1.807) is 0 Å². The normalized spacial score (nSPS) is 19.6. The van der Waals surface area contributed by atoms with Crippen LogP contribution in [0.25, 0.3) is 0 Å². The summed E-state index contributed by atoms with van der Waals surface area (Å²) in [4.78, 5) is 2.41. The van der Waals surface area contributed by atoms with Gasteiger partial charge in [0.1, 0.15) is 4.90 Å². The van der Waals surface area contributed by atoms with Gasteiger partial charge in [-0.25, -0.2) is 8.42 Å². The van der Waals surface area contributed by atoms with Gasteiger partial charge in [-0.2, -0.15) is 9.40 Å². The van der Waals surface area contributed by atoms with Crippen molar-refractivity contribution in [2.45, 2.75) is 10.9 Å². The van der Waals surface area contributed by atoms with Crippen molar-refractivity contribution in [3.8, 4) is 0 Å². The highest BCUT2D eigenvalue weighted by atomic mass is 35.5. The van der Waals surface area contributed by atoms with Crippen LogP contribution < -0.4 is 0 Å². The fourth-order valence-electron chi connectivity index (χ4n) is 2.63. The summed E-state index contributed by atoms with van der Waals surface area (Å²) in [5, 5.41) is 6.29. The van der Waals surface area contributed by atoms with E-state index in [0.29, 0.717) is 19.6 Å². The van der Waals surface area contributed by atoms with Crippen LogP contribution in [0.3, 0.4) is 0 Å². The Labute approximate surface area is 148 Å². The molecule has 0 spiro atoms. The molecule has 128 valence electrons. The lowest BCUT2D eigenvalue weighted by Gasteiger charge is -2.38. The van der Waals surface area contributed by atoms with Gasteiger partial charge in [0, 0.05) is 31.9 Å². The van der Waals surface area contributed by atoms with E-state index in [2.05, 4.69) is 15.1 Å². The van der Waals surface area contributed by atoms with Gasteiger partial charge < -0.3 is 0 Å². The summed E-state index contributed by atoms with van der Waals surface area (Å²) in [6.07, 6.45) is 2.77. The van der Waals surface area contributed by atoms with Crippen molar-refractivity contribution in [1.82, 2.24) is 19.4 Å². The van der Waals surface area contributed by atoms with E-state index in [-0.39, 0.29) is 35.8 Å². The molecule has 2 heterocycles. The van der Waals surface area contributed by atoms with Gasteiger partial charge in [-0.3, -0.25) is 10.00 Å². The number of aromatic nitrogens is 2. The maximum Gasteiger partial charge on any atom is 0.246 e. The standard InChI is InChI=1S/C14H18N4O2S.2ClH/c1-17-7-8-18(21(19,20)13-9-15-16-10-13)11-14(17)12-5-3-2-4-6-12;;/h2-6,9-10,14H,7-8,11H2,1H3,(H,15,16);2*1H. The number of aromatic amines is 1. The SMILES string of the molecule is CN1CCN(S(=O)(=O)c2cn[nH]c2)CC1c1ccccc1.Cl.Cl. The zero-order valence-corrected chi connectivity index (χ0v) is 15.1. The summed E-state index contributed by atoms with van der Waals surface area (Å²) < 4.78 is 26.7. The molecule has 1 aliphatic rings. The van der Waals surface area contributed by atoms with Gasteiger partial charge in [-0.05, 0) is 12.6 Å². The van der Waals surface area contributed by atoms with E-state index in [4.69, 9.17) is 0 Å². The molecule has 1 unspecified atom stereocenters. The van der Waals surface area contributed by atoms with Crippen LogP contribution in [0.1, 0.15) is 11.6 Å². The smallest absolute Gasteiger partial charge is 0.246 e. The summed E-state index contributed by atoms with van der Waals surface area (Å²) >= 11 is 0. The van der Waals surface area contributed by atoms with Gasteiger partial charge in [-0.15, -0.1) is 24.8 Å². The number of piperazine rings is 1. The van der Waals surface area contributed by atoms with Crippen molar-refractivity contribution in [2.24, 2.45) is 0 Å². The van der Waals surface area contributed by atoms with Crippen molar-refractivity contribution in [2.75, 3.05) is 26.7 Å². The maximum absolute atomic E-state index is 12.6. The number of hydrogen-bond donors (Lipinski definition) is 1. The number of nitrogens with zero attached hydrogens (tertiary/aromatic N) is 3. The Balaban J connectivity index is 0.00000132. The number of halogens is 2. The zero-order chi connectivity index (χ0) is 14.9. The van der Waals surface area contributed by atoms with Crippen LogP contribution in [0.2, 0.25) is 0 Å². The number of benzene rings is 1. The fraction of sp³-hybridized carbons (Fsp3) is 0.357. The van der Waals surface area contributed by atoms with Crippen molar-refractivity contribution in [3.05, 3.63) is 48.3 Å². The number of sulfonamides is 1. The van der Waals surface area contributed by atoms with Gasteiger partial charge in [0.2, 0.25) is 10.0 Å². The Morgan fingerprint density at radius 3 is 2.48 bits per heavy atom. The van der Waals surface area contributed by atoms with Crippen LogP contribution in [0.5, 0.6) is 0 Å². The molecule has 1 saturated heterocycles. The highest BCUT2D eigenvalue weighted by molar-refractivity contribution is 7.89. The predicted molar refractivity (Wildman–Crippen MR) is 93.7 cm³/mol. The van der Waals surface area contributed by atoms with Gasteiger partial charge >= 0.3 is 0 Å². The second-order valence-corrected chi connectivity index (χ2v) is 7.14. The third-order valence-corrected chi connectivity index (χ3v) is 5.74. The third-order valence-electron chi connectivity index (χ3n) is 3.91. The summed E-state index contributed by atoms with van der Waals surface area (Å²) in [7, 11) is -1.44. The molecule has 1 atom stereocenters. The molecule has 0 bridgehead atoms. The molecule has 9 heteroatoms. The van der Waals surface area contributed by atoms with E-state index >= 15 is 0 Å². The second kappa shape index (κ2) is 8.12. The summed E-state index contributed by atoms with van der Waals surface area (Å²) in [6, 6.07) is 10.1. The van der Waals surface area contributed by atoms with Gasteiger partial charge in [0.15, 0.2) is 0 Å². The van der Waals surface area contributed by atoms with Crippen LogP contribution >= 0.6 is 24.8 Å². The topological polar surface area (TPSA) is 69.3 Å². The molecule has 1 aliphatic heterocycles. The minimum atomic E-state index is -3.47. The lowest BCUT2D eigenvalue weighted by molar-refractivity contribution is 0.148. The Morgan fingerprint density at radius 2 is 1.87 bits per heavy atom. The molecule has 1 fully saturated rings. The molecule has 6 nitrogen and oxygen atoms in total. The lowest BCUT2D eigenvalue weighted by atomic mass is 10.0. The maximum atomic E-state index is 12.6. The minimum absolute atomic E-state index is 0. The van der Waals surface area contributed by atoms with Gasteiger partial charge in [0.05, 0.1) is 6.20 Å². The molecule has 1 N–H and O–H groups in total. The van der Waals surface area contributed by atoms with Gasteiger partial charge in [0.25, 0.3) is 0 Å². The molecule has 3 rings (SSSR count). The quantitative estimate of drug-likeness (QED) is 0.885. The first-order valence-electron chi connectivity index (χ1n) is 6.83. The number of hydrogen-bond acceptors (Lipinski definition) is 4. The van der Waals surface area contributed by atoms with Crippen molar-refractivity contribution >= 4 is 34.8 Å². The van der Waals surface area contributed by atoms with E-state index in [0.717, 1.165) is 5.56 Å². The van der Waals surface area contributed by atoms with Crippen LogP contribution in [-0.2, 0) is 10.0 Å². The predicted octanol–water partition coefficient (Wildman–Crippen LogP) is 1.93. The van der Waals surface area contributed by atoms with E-state index in [1.807, 2.05) is 37.4 Å². The molecule has 0 saturated carbocycles. The lowest BCUT2D eigenvalue weighted by Crippen LogP contribution is -2.48. The highest BCUT2D eigenvalue weighted by Crippen LogP contribution is 2.27.